The van der Waals surface area contributed by atoms with Gasteiger partial charge in [0.15, 0.2) is 0 Å². The Balaban J connectivity index is 0. The van der Waals surface area contributed by atoms with Crippen LogP contribution >= 0.6 is 0 Å². The second-order valence-electron chi connectivity index (χ2n) is 2.50. The Kier molecular flexibility index (Phi) is 13.0. The maximum Gasteiger partial charge on any atom is 0.105 e. The molecule has 0 rings (SSSR count). The largest absolute Gasteiger partial charge is 0.394 e. The normalized spacial score (nSPS) is 14.5. The summed E-state index contributed by atoms with van der Waals surface area (Å²) in [5.74, 6) is 0. The van der Waals surface area contributed by atoms with Crippen molar-refractivity contribution in [3.8, 4) is 0 Å². The Bertz CT molecular complexity index is 67.5. The first kappa shape index (κ1) is 14.4. The van der Waals surface area contributed by atoms with Crippen LogP contribution < -0.4 is 0 Å². The molecule has 0 unspecified atom stereocenters. The van der Waals surface area contributed by atoms with Gasteiger partial charge in [0.1, 0.15) is 12.2 Å². The minimum absolute atomic E-state index is 0.526. The molecule has 0 aromatic heterocycles. The molecular formula is C8H20O4. The average Bonchev–Trinajstić information content (AvgIpc) is 2.15. The van der Waals surface area contributed by atoms with Gasteiger partial charge in [0.25, 0.3) is 0 Å². The highest BCUT2D eigenvalue weighted by molar-refractivity contribution is 4.62. The van der Waals surface area contributed by atoms with Crippen LogP contribution in [0, 0.1) is 0 Å². The van der Waals surface area contributed by atoms with E-state index in [2.05, 4.69) is 13.8 Å². The summed E-state index contributed by atoms with van der Waals surface area (Å²) in [6.45, 7) is 3.31. The van der Waals surface area contributed by atoms with Gasteiger partial charge >= 0.3 is 0 Å². The molecule has 76 valence electrons. The lowest BCUT2D eigenvalue weighted by molar-refractivity contribution is -0.0388. The highest BCUT2D eigenvalue weighted by atomic mass is 16.4. The Morgan fingerprint density at radius 3 is 1.17 bits per heavy atom. The van der Waals surface area contributed by atoms with Crippen LogP contribution in [0.1, 0.15) is 26.7 Å². The molecule has 0 aromatic rings. The van der Waals surface area contributed by atoms with E-state index in [1.54, 1.807) is 0 Å². The van der Waals surface area contributed by atoms with Crippen molar-refractivity contribution < 1.29 is 20.4 Å². The highest BCUT2D eigenvalue weighted by Crippen LogP contribution is 1.88. The van der Waals surface area contributed by atoms with Gasteiger partial charge in [0.05, 0.1) is 13.2 Å². The van der Waals surface area contributed by atoms with E-state index in [1.807, 2.05) is 0 Å². The summed E-state index contributed by atoms with van der Waals surface area (Å²) >= 11 is 0. The minimum atomic E-state index is -1.22. The molecule has 2 atom stereocenters. The molecule has 4 nitrogen and oxygen atoms in total. The lowest BCUT2D eigenvalue weighted by Crippen LogP contribution is -2.31. The van der Waals surface area contributed by atoms with Crippen LogP contribution in [0.2, 0.25) is 0 Å². The van der Waals surface area contributed by atoms with Crippen LogP contribution in [0.15, 0.2) is 0 Å². The van der Waals surface area contributed by atoms with Gasteiger partial charge in [-0.25, -0.2) is 0 Å². The fourth-order valence-electron chi connectivity index (χ4n) is 0.243. The monoisotopic (exact) mass is 180 g/mol. The third-order valence-electron chi connectivity index (χ3n) is 1.32. The van der Waals surface area contributed by atoms with Crippen molar-refractivity contribution in [3.05, 3.63) is 0 Å². The zero-order valence-electron chi connectivity index (χ0n) is 7.77. The van der Waals surface area contributed by atoms with Crippen LogP contribution in [0.3, 0.4) is 0 Å². The van der Waals surface area contributed by atoms with Gasteiger partial charge in [-0.3, -0.25) is 0 Å². The Morgan fingerprint density at radius 2 is 1.08 bits per heavy atom. The zero-order valence-corrected chi connectivity index (χ0v) is 7.77. The summed E-state index contributed by atoms with van der Waals surface area (Å²) < 4.78 is 0. The molecule has 0 aliphatic carbocycles. The first-order chi connectivity index (χ1) is 5.63. The molecule has 0 aromatic carbocycles. The molecule has 0 heterocycles. The van der Waals surface area contributed by atoms with Crippen molar-refractivity contribution in [1.29, 1.82) is 0 Å². The number of aliphatic hydroxyl groups is 4. The van der Waals surface area contributed by atoms with Gasteiger partial charge in [0.2, 0.25) is 0 Å². The summed E-state index contributed by atoms with van der Waals surface area (Å²) in [4.78, 5) is 0. The highest BCUT2D eigenvalue weighted by Gasteiger charge is 2.12. The van der Waals surface area contributed by atoms with E-state index in [-0.39, 0.29) is 0 Å². The summed E-state index contributed by atoms with van der Waals surface area (Å²) in [6.07, 6.45) is 0.194. The average molecular weight is 180 g/mol. The second-order valence-corrected chi connectivity index (χ2v) is 2.50. The van der Waals surface area contributed by atoms with Gasteiger partial charge in [-0.1, -0.05) is 26.7 Å². The number of rotatable bonds is 4. The maximum atomic E-state index is 8.47. The van der Waals surface area contributed by atoms with Crippen LogP contribution in [0.25, 0.3) is 0 Å². The van der Waals surface area contributed by atoms with Crippen molar-refractivity contribution in [1.82, 2.24) is 0 Å². The SMILES string of the molecule is CCCC.OC[C@@H](O)[C@@H](O)CO. The van der Waals surface area contributed by atoms with Gasteiger partial charge in [-0.2, -0.15) is 0 Å². The molecule has 0 bridgehead atoms. The van der Waals surface area contributed by atoms with E-state index in [9.17, 15) is 0 Å². The fraction of sp³-hybridized carbons (Fsp3) is 1.00. The van der Waals surface area contributed by atoms with Gasteiger partial charge in [-0.05, 0) is 0 Å². The van der Waals surface area contributed by atoms with Crippen LogP contribution in [-0.4, -0.2) is 45.8 Å². The molecule has 0 spiro atoms. The minimum Gasteiger partial charge on any atom is -0.394 e. The van der Waals surface area contributed by atoms with Crippen molar-refractivity contribution in [2.45, 2.75) is 38.9 Å². The molecular weight excluding hydrogens is 160 g/mol. The van der Waals surface area contributed by atoms with Gasteiger partial charge in [-0.15, -0.1) is 0 Å². The molecule has 0 amide bonds. The quantitative estimate of drug-likeness (QED) is 0.470. The van der Waals surface area contributed by atoms with Crippen LogP contribution in [0.4, 0.5) is 0 Å². The van der Waals surface area contributed by atoms with E-state index < -0.39 is 25.4 Å². The predicted octanol–water partition coefficient (Wildman–Crippen LogP) is -0.501. The number of hydrogen-bond donors (Lipinski definition) is 4. The standard InChI is InChI=1S/C4H10O4.C4H10/c5-1-3(7)4(8)2-6;1-3-4-2/h3-8H,1-2H2;3-4H2,1-2H3/t3-,4+;. The van der Waals surface area contributed by atoms with Crippen LogP contribution in [0.5, 0.6) is 0 Å². The lowest BCUT2D eigenvalue weighted by atomic mass is 10.2. The molecule has 0 radical (unpaired) electrons. The molecule has 0 saturated heterocycles. The molecule has 0 aliphatic heterocycles. The summed E-state index contributed by atoms with van der Waals surface area (Å²) in [7, 11) is 0. The lowest BCUT2D eigenvalue weighted by Gasteiger charge is -2.10. The van der Waals surface area contributed by atoms with E-state index in [4.69, 9.17) is 20.4 Å². The van der Waals surface area contributed by atoms with Crippen molar-refractivity contribution in [3.63, 3.8) is 0 Å². The smallest absolute Gasteiger partial charge is 0.105 e. The molecule has 0 saturated carbocycles. The topological polar surface area (TPSA) is 80.9 Å². The van der Waals surface area contributed by atoms with Crippen molar-refractivity contribution in [2.75, 3.05) is 13.2 Å². The fourth-order valence-corrected chi connectivity index (χ4v) is 0.243. The zero-order chi connectivity index (χ0) is 9.98. The van der Waals surface area contributed by atoms with Gasteiger partial charge < -0.3 is 20.4 Å². The Hall–Kier alpha value is -0.160. The summed E-state index contributed by atoms with van der Waals surface area (Å²) in [6, 6.07) is 0. The van der Waals surface area contributed by atoms with Crippen molar-refractivity contribution >= 4 is 0 Å². The number of hydrogen-bond acceptors (Lipinski definition) is 4. The summed E-state index contributed by atoms with van der Waals surface area (Å²) in [5.41, 5.74) is 0. The van der Waals surface area contributed by atoms with E-state index in [0.717, 1.165) is 0 Å². The first-order valence-corrected chi connectivity index (χ1v) is 4.21. The van der Waals surface area contributed by atoms with E-state index in [1.165, 1.54) is 12.8 Å². The third kappa shape index (κ3) is 9.84. The Labute approximate surface area is 73.5 Å². The van der Waals surface area contributed by atoms with E-state index >= 15 is 0 Å². The molecule has 0 aliphatic rings. The molecule has 4 N–H and O–H groups in total. The second kappa shape index (κ2) is 10.8. The van der Waals surface area contributed by atoms with E-state index in [0.29, 0.717) is 0 Å². The molecule has 0 fully saturated rings. The summed E-state index contributed by atoms with van der Waals surface area (Å²) in [5, 5.41) is 33.2. The first-order valence-electron chi connectivity index (χ1n) is 4.21. The van der Waals surface area contributed by atoms with Crippen molar-refractivity contribution in [2.24, 2.45) is 0 Å². The number of unbranched alkanes of at least 4 members (excludes halogenated alkanes) is 1. The predicted molar refractivity (Wildman–Crippen MR) is 46.8 cm³/mol. The maximum absolute atomic E-state index is 8.47. The molecule has 12 heavy (non-hydrogen) atoms. The Morgan fingerprint density at radius 1 is 0.833 bits per heavy atom. The van der Waals surface area contributed by atoms with Crippen LogP contribution in [-0.2, 0) is 0 Å². The molecule has 4 heteroatoms. The third-order valence-corrected chi connectivity index (χ3v) is 1.32. The number of aliphatic hydroxyl groups excluding tert-OH is 4. The van der Waals surface area contributed by atoms with Gasteiger partial charge in [0, 0.05) is 0 Å².